The number of hydrogen-bond acceptors (Lipinski definition) is 6. The van der Waals surface area contributed by atoms with Crippen LogP contribution in [0.5, 0.6) is 0 Å². The number of nitrogens with one attached hydrogen (secondary N) is 1. The second-order valence-corrected chi connectivity index (χ2v) is 5.52. The zero-order chi connectivity index (χ0) is 14.8. The van der Waals surface area contributed by atoms with Gasteiger partial charge in [-0.05, 0) is 24.5 Å². The Labute approximate surface area is 126 Å². The number of aromatic nitrogens is 4. The fourth-order valence-electron chi connectivity index (χ4n) is 2.11. The summed E-state index contributed by atoms with van der Waals surface area (Å²) >= 11 is 1.36. The Balaban J connectivity index is 1.86. The summed E-state index contributed by atoms with van der Waals surface area (Å²) in [4.78, 5) is 4.14. The van der Waals surface area contributed by atoms with E-state index < -0.39 is 0 Å². The SMILES string of the molecule is Cc1c(CNc2snc(N)c2-c2cccnc2)cnn1C. The van der Waals surface area contributed by atoms with Gasteiger partial charge in [0.15, 0.2) is 0 Å². The summed E-state index contributed by atoms with van der Waals surface area (Å²) in [6, 6.07) is 3.87. The van der Waals surface area contributed by atoms with E-state index in [0.717, 1.165) is 27.4 Å². The van der Waals surface area contributed by atoms with E-state index in [1.54, 1.807) is 12.4 Å². The minimum Gasteiger partial charge on any atom is -0.382 e. The van der Waals surface area contributed by atoms with E-state index in [0.29, 0.717) is 12.4 Å². The van der Waals surface area contributed by atoms with Gasteiger partial charge in [0, 0.05) is 42.8 Å². The van der Waals surface area contributed by atoms with Gasteiger partial charge in [-0.25, -0.2) is 0 Å². The number of nitrogens with zero attached hydrogens (tertiary/aromatic N) is 4. The lowest BCUT2D eigenvalue weighted by Gasteiger charge is -2.07. The molecule has 3 N–H and O–H groups in total. The Morgan fingerprint density at radius 2 is 2.24 bits per heavy atom. The first kappa shape index (κ1) is 13.6. The number of hydrogen-bond donors (Lipinski definition) is 2. The molecule has 3 aromatic rings. The third-order valence-electron chi connectivity index (χ3n) is 3.44. The van der Waals surface area contributed by atoms with Gasteiger partial charge >= 0.3 is 0 Å². The lowest BCUT2D eigenvalue weighted by Crippen LogP contribution is -2.01. The second-order valence-electron chi connectivity index (χ2n) is 4.75. The molecular weight excluding hydrogens is 284 g/mol. The zero-order valence-corrected chi connectivity index (χ0v) is 12.7. The smallest absolute Gasteiger partial charge is 0.147 e. The summed E-state index contributed by atoms with van der Waals surface area (Å²) in [6.07, 6.45) is 5.41. The molecule has 108 valence electrons. The Kier molecular flexibility index (Phi) is 3.57. The monoisotopic (exact) mass is 300 g/mol. The molecule has 0 saturated heterocycles. The molecule has 3 heterocycles. The van der Waals surface area contributed by atoms with Crippen LogP contribution < -0.4 is 11.1 Å². The first-order valence-electron chi connectivity index (χ1n) is 6.53. The molecule has 0 saturated carbocycles. The average molecular weight is 300 g/mol. The zero-order valence-electron chi connectivity index (χ0n) is 11.9. The molecule has 0 unspecified atom stereocenters. The van der Waals surface area contributed by atoms with Crippen LogP contribution in [0.3, 0.4) is 0 Å². The van der Waals surface area contributed by atoms with E-state index in [1.807, 2.05) is 37.0 Å². The highest BCUT2D eigenvalue weighted by atomic mass is 32.1. The number of aryl methyl sites for hydroxylation is 1. The Bertz CT molecular complexity index is 746. The van der Waals surface area contributed by atoms with Crippen molar-refractivity contribution >= 4 is 22.4 Å². The van der Waals surface area contributed by atoms with Crippen LogP contribution in [0.2, 0.25) is 0 Å². The van der Waals surface area contributed by atoms with Crippen molar-refractivity contribution in [2.45, 2.75) is 13.5 Å². The first-order valence-corrected chi connectivity index (χ1v) is 7.31. The number of rotatable bonds is 4. The van der Waals surface area contributed by atoms with Crippen LogP contribution in [-0.2, 0) is 13.6 Å². The van der Waals surface area contributed by atoms with Gasteiger partial charge < -0.3 is 11.1 Å². The van der Waals surface area contributed by atoms with Crippen molar-refractivity contribution in [3.63, 3.8) is 0 Å². The van der Waals surface area contributed by atoms with Gasteiger partial charge in [-0.3, -0.25) is 9.67 Å². The van der Waals surface area contributed by atoms with Crippen molar-refractivity contribution in [3.05, 3.63) is 42.0 Å². The number of nitrogen functional groups attached to an aromatic ring is 1. The van der Waals surface area contributed by atoms with Crippen LogP contribution in [0.25, 0.3) is 11.1 Å². The topological polar surface area (TPSA) is 81.7 Å². The van der Waals surface area contributed by atoms with Crippen molar-refractivity contribution in [1.29, 1.82) is 0 Å². The minimum atomic E-state index is 0.526. The molecule has 0 bridgehead atoms. The quantitative estimate of drug-likeness (QED) is 0.773. The largest absolute Gasteiger partial charge is 0.382 e. The van der Waals surface area contributed by atoms with Gasteiger partial charge in [0.1, 0.15) is 10.8 Å². The van der Waals surface area contributed by atoms with Gasteiger partial charge in [-0.15, -0.1) is 0 Å². The van der Waals surface area contributed by atoms with Crippen LogP contribution in [0.4, 0.5) is 10.8 Å². The third kappa shape index (κ3) is 2.59. The number of pyridine rings is 1. The highest BCUT2D eigenvalue weighted by molar-refractivity contribution is 7.11. The average Bonchev–Trinajstić information content (AvgIpc) is 3.02. The number of nitrogens with two attached hydrogens (primary N) is 1. The first-order chi connectivity index (χ1) is 10.2. The van der Waals surface area contributed by atoms with Crippen molar-refractivity contribution < 1.29 is 0 Å². The second kappa shape index (κ2) is 5.53. The Hall–Kier alpha value is -2.41. The summed E-state index contributed by atoms with van der Waals surface area (Å²) in [5.74, 6) is 0.526. The van der Waals surface area contributed by atoms with Crippen LogP contribution in [0.1, 0.15) is 11.3 Å². The van der Waals surface area contributed by atoms with E-state index in [2.05, 4.69) is 19.8 Å². The normalized spacial score (nSPS) is 10.8. The number of anilines is 2. The van der Waals surface area contributed by atoms with Crippen molar-refractivity contribution in [1.82, 2.24) is 19.1 Å². The molecule has 0 spiro atoms. The molecule has 3 rings (SSSR count). The maximum Gasteiger partial charge on any atom is 0.147 e. The third-order valence-corrected chi connectivity index (χ3v) is 4.26. The van der Waals surface area contributed by atoms with Crippen molar-refractivity contribution in [2.75, 3.05) is 11.1 Å². The minimum absolute atomic E-state index is 0.526. The van der Waals surface area contributed by atoms with Crippen LogP contribution in [-0.4, -0.2) is 19.1 Å². The molecule has 0 radical (unpaired) electrons. The lowest BCUT2D eigenvalue weighted by atomic mass is 10.1. The van der Waals surface area contributed by atoms with E-state index >= 15 is 0 Å². The highest BCUT2D eigenvalue weighted by Gasteiger charge is 2.14. The molecule has 0 aliphatic heterocycles. The standard InChI is InChI=1S/C14H16N6S/c1-9-11(8-18-20(9)2)7-17-14-12(13(15)19-21-14)10-4-3-5-16-6-10/h3-6,8,17H,7H2,1-2H3,(H2,15,19). The molecule has 0 atom stereocenters. The van der Waals surface area contributed by atoms with Crippen LogP contribution >= 0.6 is 11.5 Å². The van der Waals surface area contributed by atoms with Gasteiger partial charge in [-0.2, -0.15) is 9.47 Å². The van der Waals surface area contributed by atoms with E-state index in [1.165, 1.54) is 11.5 Å². The fourth-order valence-corrected chi connectivity index (χ4v) is 2.84. The molecule has 7 heteroatoms. The van der Waals surface area contributed by atoms with E-state index in [9.17, 15) is 0 Å². The molecule has 3 aromatic heterocycles. The molecule has 0 fully saturated rings. The molecule has 0 aliphatic carbocycles. The highest BCUT2D eigenvalue weighted by Crippen LogP contribution is 2.36. The van der Waals surface area contributed by atoms with Crippen LogP contribution in [0, 0.1) is 6.92 Å². The molecule has 6 nitrogen and oxygen atoms in total. The van der Waals surface area contributed by atoms with E-state index in [-0.39, 0.29) is 0 Å². The fraction of sp³-hybridized carbons (Fsp3) is 0.214. The molecule has 0 aromatic carbocycles. The summed E-state index contributed by atoms with van der Waals surface area (Å²) < 4.78 is 6.10. The molecular formula is C14H16N6S. The van der Waals surface area contributed by atoms with Crippen molar-refractivity contribution in [3.8, 4) is 11.1 Å². The molecule has 0 amide bonds. The molecule has 0 aliphatic rings. The molecule has 21 heavy (non-hydrogen) atoms. The van der Waals surface area contributed by atoms with Crippen LogP contribution in [0.15, 0.2) is 30.7 Å². The predicted molar refractivity (Wildman–Crippen MR) is 85.0 cm³/mol. The maximum atomic E-state index is 5.99. The Morgan fingerprint density at radius 3 is 2.90 bits per heavy atom. The summed E-state index contributed by atoms with van der Waals surface area (Å²) in [5, 5.41) is 8.59. The van der Waals surface area contributed by atoms with Crippen molar-refractivity contribution in [2.24, 2.45) is 7.05 Å². The van der Waals surface area contributed by atoms with Gasteiger partial charge in [-0.1, -0.05) is 6.07 Å². The van der Waals surface area contributed by atoms with Gasteiger partial charge in [0.2, 0.25) is 0 Å². The van der Waals surface area contributed by atoms with Gasteiger partial charge in [0.25, 0.3) is 0 Å². The van der Waals surface area contributed by atoms with E-state index in [4.69, 9.17) is 5.73 Å². The lowest BCUT2D eigenvalue weighted by molar-refractivity contribution is 0.738. The summed E-state index contributed by atoms with van der Waals surface area (Å²) in [5.41, 5.74) is 10.2. The predicted octanol–water partition coefficient (Wildman–Crippen LogP) is 2.44. The van der Waals surface area contributed by atoms with Gasteiger partial charge in [0.05, 0.1) is 11.8 Å². The Morgan fingerprint density at radius 1 is 1.38 bits per heavy atom. The summed E-state index contributed by atoms with van der Waals surface area (Å²) in [6.45, 7) is 2.74. The summed E-state index contributed by atoms with van der Waals surface area (Å²) in [7, 11) is 1.94. The maximum absolute atomic E-state index is 5.99.